The second-order valence-electron chi connectivity index (χ2n) is 14.2. The Bertz CT molecular complexity index is 1460. The van der Waals surface area contributed by atoms with Gasteiger partial charge in [0.1, 0.15) is 25.2 Å². The summed E-state index contributed by atoms with van der Waals surface area (Å²) in [6.45, 7) is 11.2. The summed E-state index contributed by atoms with van der Waals surface area (Å²) in [6, 6.07) is 35.9. The fourth-order valence-corrected chi connectivity index (χ4v) is 8.48. The first-order valence-corrected chi connectivity index (χ1v) is 18.8. The number of para-hydroxylation sites is 4. The van der Waals surface area contributed by atoms with Gasteiger partial charge in [-0.2, -0.15) is 0 Å². The standard InChI is InChI=1S/C40H52N4O2S2/c1-31(29-41-33-15-7-11-19-37(33)47-38-20-12-8-16-34(38)41)43(3,4)23-25-45-27-28-46-26-24-44(5,6)32(2)30-42-35-17-9-13-21-39(35)48-40-22-14-10-18-36(40)42/h7-22,31-32H,23-30H2,1-6H3/q+2. The van der Waals surface area contributed by atoms with E-state index >= 15 is 0 Å². The highest BCUT2D eigenvalue weighted by Crippen LogP contribution is 2.49. The lowest BCUT2D eigenvalue weighted by molar-refractivity contribution is -0.912. The van der Waals surface area contributed by atoms with Crippen molar-refractivity contribution in [2.45, 2.75) is 45.5 Å². The van der Waals surface area contributed by atoms with Crippen LogP contribution in [0, 0.1) is 0 Å². The fraction of sp³-hybridized carbons (Fsp3) is 0.400. The predicted molar refractivity (Wildman–Crippen MR) is 203 cm³/mol. The third kappa shape index (κ3) is 7.91. The lowest BCUT2D eigenvalue weighted by atomic mass is 10.1. The molecule has 2 aliphatic rings. The number of fused-ring (bicyclic) bond motifs is 4. The maximum atomic E-state index is 6.10. The number of quaternary nitrogens is 2. The summed E-state index contributed by atoms with van der Waals surface area (Å²) in [4.78, 5) is 10.3. The minimum atomic E-state index is 0.418. The van der Waals surface area contributed by atoms with E-state index in [4.69, 9.17) is 9.47 Å². The molecule has 2 aliphatic heterocycles. The van der Waals surface area contributed by atoms with Crippen LogP contribution in [-0.4, -0.2) is 102 Å². The predicted octanol–water partition coefficient (Wildman–Crippen LogP) is 8.56. The summed E-state index contributed by atoms with van der Waals surface area (Å²) in [7, 11) is 9.29. The maximum absolute atomic E-state index is 6.10. The van der Waals surface area contributed by atoms with Crippen LogP contribution in [-0.2, 0) is 9.47 Å². The topological polar surface area (TPSA) is 24.9 Å². The minimum absolute atomic E-state index is 0.418. The molecule has 0 spiro atoms. The molecule has 6 nitrogen and oxygen atoms in total. The van der Waals surface area contributed by atoms with Crippen LogP contribution < -0.4 is 9.80 Å². The van der Waals surface area contributed by atoms with Crippen LogP contribution >= 0.6 is 23.5 Å². The summed E-state index contributed by atoms with van der Waals surface area (Å²) < 4.78 is 14.0. The van der Waals surface area contributed by atoms with Crippen molar-refractivity contribution in [3.05, 3.63) is 97.1 Å². The van der Waals surface area contributed by atoms with Crippen molar-refractivity contribution in [1.29, 1.82) is 0 Å². The van der Waals surface area contributed by atoms with Crippen molar-refractivity contribution in [3.8, 4) is 0 Å². The molecular weight excluding hydrogens is 633 g/mol. The number of anilines is 4. The van der Waals surface area contributed by atoms with Crippen molar-refractivity contribution in [2.75, 3.05) is 90.6 Å². The number of nitrogens with zero attached hydrogens (tertiary/aromatic N) is 4. The van der Waals surface area contributed by atoms with Crippen LogP contribution in [0.5, 0.6) is 0 Å². The second kappa shape index (κ2) is 15.3. The van der Waals surface area contributed by atoms with E-state index in [1.807, 2.05) is 23.5 Å². The van der Waals surface area contributed by atoms with Gasteiger partial charge in [0, 0.05) is 19.6 Å². The van der Waals surface area contributed by atoms with Gasteiger partial charge in [-0.3, -0.25) is 0 Å². The third-order valence-electron chi connectivity index (χ3n) is 10.3. The molecule has 2 heterocycles. The van der Waals surface area contributed by atoms with Gasteiger partial charge in [-0.05, 0) is 62.4 Å². The van der Waals surface area contributed by atoms with Crippen LogP contribution in [0.15, 0.2) is 117 Å². The van der Waals surface area contributed by atoms with E-state index in [1.165, 1.54) is 42.3 Å². The van der Waals surface area contributed by atoms with E-state index in [1.54, 1.807) is 0 Å². The molecule has 0 saturated carbocycles. The molecule has 8 heteroatoms. The maximum Gasteiger partial charge on any atom is 0.104 e. The van der Waals surface area contributed by atoms with Gasteiger partial charge in [-0.25, -0.2) is 0 Å². The Hall–Kier alpha value is -2.98. The van der Waals surface area contributed by atoms with E-state index in [-0.39, 0.29) is 0 Å². The molecule has 4 aromatic carbocycles. The van der Waals surface area contributed by atoms with E-state index in [0.29, 0.717) is 25.3 Å². The molecule has 0 amide bonds. The number of likely N-dealkylation sites (N-methyl/N-ethyl adjacent to an activating group) is 2. The normalized spacial score (nSPS) is 15.3. The SMILES string of the molecule is CC(CN1c2ccccc2Sc2ccccc21)[N+](C)(C)CCOCCOCC[N+](C)(C)C(C)CN1c2ccccc2Sc2ccccc21. The number of benzene rings is 4. The molecule has 0 fully saturated rings. The smallest absolute Gasteiger partial charge is 0.104 e. The lowest BCUT2D eigenvalue weighted by Gasteiger charge is -2.41. The fourth-order valence-electron chi connectivity index (χ4n) is 6.29. The summed E-state index contributed by atoms with van der Waals surface area (Å²) >= 11 is 3.74. The molecule has 2 atom stereocenters. The second-order valence-corrected chi connectivity index (χ2v) is 16.4. The van der Waals surface area contributed by atoms with Crippen LogP contribution in [0.3, 0.4) is 0 Å². The Kier molecular flexibility index (Phi) is 11.1. The monoisotopic (exact) mass is 684 g/mol. The van der Waals surface area contributed by atoms with Crippen LogP contribution in [0.4, 0.5) is 22.7 Å². The molecule has 0 aromatic heterocycles. The molecule has 0 aliphatic carbocycles. The summed E-state index contributed by atoms with van der Waals surface area (Å²) in [5.74, 6) is 0. The molecule has 0 radical (unpaired) electrons. The number of hydrogen-bond acceptors (Lipinski definition) is 6. The molecule has 2 unspecified atom stereocenters. The molecule has 0 bridgehead atoms. The van der Waals surface area contributed by atoms with Gasteiger partial charge in [0.2, 0.25) is 0 Å². The zero-order valence-electron chi connectivity index (χ0n) is 29.5. The van der Waals surface area contributed by atoms with Crippen molar-refractivity contribution < 1.29 is 18.4 Å². The first-order chi connectivity index (χ1) is 23.1. The summed E-state index contributed by atoms with van der Waals surface area (Å²) in [5, 5.41) is 0. The summed E-state index contributed by atoms with van der Waals surface area (Å²) in [5.41, 5.74) is 5.22. The molecule has 0 N–H and O–H groups in total. The van der Waals surface area contributed by atoms with Crippen molar-refractivity contribution in [1.82, 2.24) is 0 Å². The van der Waals surface area contributed by atoms with Crippen molar-refractivity contribution >= 4 is 46.3 Å². The Labute approximate surface area is 296 Å². The van der Waals surface area contributed by atoms with Crippen LogP contribution in [0.25, 0.3) is 0 Å². The first kappa shape index (κ1) is 34.9. The molecule has 48 heavy (non-hydrogen) atoms. The molecule has 4 aromatic rings. The van der Waals surface area contributed by atoms with Gasteiger partial charge >= 0.3 is 0 Å². The van der Waals surface area contributed by atoms with Crippen LogP contribution in [0.1, 0.15) is 13.8 Å². The van der Waals surface area contributed by atoms with Crippen molar-refractivity contribution in [3.63, 3.8) is 0 Å². The number of ether oxygens (including phenoxy) is 2. The van der Waals surface area contributed by atoms with E-state index in [9.17, 15) is 0 Å². The number of hydrogen-bond donors (Lipinski definition) is 0. The van der Waals surface area contributed by atoms with Gasteiger partial charge < -0.3 is 28.2 Å². The highest BCUT2D eigenvalue weighted by molar-refractivity contribution is 8.00. The first-order valence-electron chi connectivity index (χ1n) is 17.2. The van der Waals surface area contributed by atoms with E-state index in [2.05, 4.69) is 149 Å². The Balaban J connectivity index is 0.925. The van der Waals surface area contributed by atoms with E-state index < -0.39 is 0 Å². The third-order valence-corrected chi connectivity index (χ3v) is 12.6. The Morgan fingerprint density at radius 2 is 0.771 bits per heavy atom. The van der Waals surface area contributed by atoms with Gasteiger partial charge in [-0.1, -0.05) is 72.1 Å². The number of rotatable bonds is 15. The van der Waals surface area contributed by atoms with Gasteiger partial charge in [0.05, 0.1) is 90.5 Å². The molecular formula is C40H52N4O2S2+2. The lowest BCUT2D eigenvalue weighted by Crippen LogP contribution is -2.53. The van der Waals surface area contributed by atoms with E-state index in [0.717, 1.165) is 48.4 Å². The van der Waals surface area contributed by atoms with Gasteiger partial charge in [-0.15, -0.1) is 0 Å². The Morgan fingerprint density at radius 3 is 1.08 bits per heavy atom. The molecule has 0 saturated heterocycles. The zero-order chi connectivity index (χ0) is 33.7. The van der Waals surface area contributed by atoms with Crippen molar-refractivity contribution in [2.24, 2.45) is 0 Å². The van der Waals surface area contributed by atoms with Crippen LogP contribution in [0.2, 0.25) is 0 Å². The highest BCUT2D eigenvalue weighted by Gasteiger charge is 2.32. The average molecular weight is 685 g/mol. The summed E-state index contributed by atoms with van der Waals surface area (Å²) in [6.07, 6.45) is 0. The van der Waals surface area contributed by atoms with Gasteiger partial charge in [0.25, 0.3) is 0 Å². The largest absolute Gasteiger partial charge is 0.373 e. The quantitative estimate of drug-likeness (QED) is 0.0920. The zero-order valence-corrected chi connectivity index (χ0v) is 31.1. The Morgan fingerprint density at radius 1 is 0.479 bits per heavy atom. The minimum Gasteiger partial charge on any atom is -0.373 e. The molecule has 254 valence electrons. The average Bonchev–Trinajstić information content (AvgIpc) is 3.09. The molecule has 6 rings (SSSR count). The van der Waals surface area contributed by atoms with Gasteiger partial charge in [0.15, 0.2) is 0 Å². The highest BCUT2D eigenvalue weighted by atomic mass is 32.2.